The summed E-state index contributed by atoms with van der Waals surface area (Å²) in [6, 6.07) is 10.1. The third-order valence-electron chi connectivity index (χ3n) is 5.37. The van der Waals surface area contributed by atoms with Gasteiger partial charge in [-0.05, 0) is 44.7 Å². The predicted octanol–water partition coefficient (Wildman–Crippen LogP) is 2.81. The van der Waals surface area contributed by atoms with Crippen molar-refractivity contribution in [1.29, 1.82) is 0 Å². The van der Waals surface area contributed by atoms with E-state index in [2.05, 4.69) is 27.4 Å². The second-order valence-corrected chi connectivity index (χ2v) is 9.90. The lowest BCUT2D eigenvalue weighted by Crippen LogP contribution is -2.46. The van der Waals surface area contributed by atoms with E-state index in [9.17, 15) is 8.42 Å². The highest BCUT2D eigenvalue weighted by molar-refractivity contribution is 7.90. The van der Waals surface area contributed by atoms with Crippen LogP contribution in [0.1, 0.15) is 51.5 Å². The van der Waals surface area contributed by atoms with Crippen molar-refractivity contribution in [2.75, 3.05) is 38.5 Å². The number of aliphatic imine (C=N–C) groups is 1. The Morgan fingerprint density at radius 2 is 1.97 bits per heavy atom. The Morgan fingerprint density at radius 1 is 1.17 bits per heavy atom. The zero-order valence-corrected chi connectivity index (χ0v) is 18.9. The van der Waals surface area contributed by atoms with Crippen molar-refractivity contribution in [3.63, 3.8) is 0 Å². The first-order valence-corrected chi connectivity index (χ1v) is 12.9. The van der Waals surface area contributed by atoms with Gasteiger partial charge >= 0.3 is 0 Å². The number of hydrogen-bond acceptors (Lipinski definition) is 4. The third-order valence-corrected chi connectivity index (χ3v) is 7.05. The summed E-state index contributed by atoms with van der Waals surface area (Å²) >= 11 is 0. The number of guanidine groups is 1. The summed E-state index contributed by atoms with van der Waals surface area (Å²) in [6.45, 7) is 8.67. The van der Waals surface area contributed by atoms with E-state index in [1.54, 1.807) is 0 Å². The highest BCUT2D eigenvalue weighted by Gasteiger charge is 2.20. The molecule has 2 rings (SSSR count). The highest BCUT2D eigenvalue weighted by Crippen LogP contribution is 2.18. The van der Waals surface area contributed by atoms with Gasteiger partial charge in [0.15, 0.2) is 15.8 Å². The number of benzene rings is 1. The van der Waals surface area contributed by atoms with Gasteiger partial charge in [0.05, 0.1) is 11.5 Å². The van der Waals surface area contributed by atoms with Gasteiger partial charge in [-0.2, -0.15) is 0 Å². The van der Waals surface area contributed by atoms with Crippen molar-refractivity contribution >= 4 is 15.8 Å². The lowest BCUT2D eigenvalue weighted by atomic mass is 10.0. The Hall–Kier alpha value is -1.60. The smallest absolute Gasteiger partial charge is 0.191 e. The molecule has 0 saturated carbocycles. The first-order valence-electron chi connectivity index (χ1n) is 11.0. The zero-order valence-electron chi connectivity index (χ0n) is 18.1. The van der Waals surface area contributed by atoms with Crippen LogP contribution in [0.5, 0.6) is 0 Å². The first kappa shape index (κ1) is 23.7. The van der Waals surface area contributed by atoms with Gasteiger partial charge in [0, 0.05) is 32.2 Å². The van der Waals surface area contributed by atoms with Crippen molar-refractivity contribution in [1.82, 2.24) is 15.5 Å². The molecule has 0 aromatic heterocycles. The minimum absolute atomic E-state index is 0.101. The van der Waals surface area contributed by atoms with Gasteiger partial charge in [-0.15, -0.1) is 0 Å². The summed E-state index contributed by atoms with van der Waals surface area (Å²) in [5.74, 6) is 1.04. The molecule has 29 heavy (non-hydrogen) atoms. The number of rotatable bonds is 11. The molecule has 7 heteroatoms. The number of sulfone groups is 1. The van der Waals surface area contributed by atoms with Crippen molar-refractivity contribution in [3.8, 4) is 0 Å². The molecular formula is C22H38N4O2S. The fourth-order valence-corrected chi connectivity index (χ4v) is 5.27. The van der Waals surface area contributed by atoms with Crippen molar-refractivity contribution in [2.24, 2.45) is 4.99 Å². The summed E-state index contributed by atoms with van der Waals surface area (Å²) in [5, 5.41) is 6.65. The highest BCUT2D eigenvalue weighted by atomic mass is 32.2. The monoisotopic (exact) mass is 422 g/mol. The Balaban J connectivity index is 1.73. The van der Waals surface area contributed by atoms with Gasteiger partial charge in [0.25, 0.3) is 0 Å². The zero-order chi connectivity index (χ0) is 21.0. The van der Waals surface area contributed by atoms with Gasteiger partial charge in [-0.1, -0.05) is 43.7 Å². The van der Waals surface area contributed by atoms with Crippen LogP contribution >= 0.6 is 0 Å². The Bertz CT molecular complexity index is 707. The Labute approximate surface area is 177 Å². The molecule has 0 aliphatic carbocycles. The van der Waals surface area contributed by atoms with Crippen LogP contribution in [0.15, 0.2) is 35.3 Å². The maximum absolute atomic E-state index is 12.3. The molecule has 0 bridgehead atoms. The molecule has 0 radical (unpaired) electrons. The van der Waals surface area contributed by atoms with Crippen molar-refractivity contribution in [3.05, 3.63) is 35.9 Å². The van der Waals surface area contributed by atoms with Crippen LogP contribution in [0.25, 0.3) is 0 Å². The van der Waals surface area contributed by atoms with Gasteiger partial charge in [-0.25, -0.2) is 8.42 Å². The topological polar surface area (TPSA) is 73.8 Å². The normalized spacial score (nSPS) is 18.6. The van der Waals surface area contributed by atoms with E-state index < -0.39 is 9.84 Å². The molecule has 1 unspecified atom stereocenters. The predicted molar refractivity (Wildman–Crippen MR) is 122 cm³/mol. The summed E-state index contributed by atoms with van der Waals surface area (Å²) in [4.78, 5) is 7.14. The number of hydrogen-bond donors (Lipinski definition) is 2. The van der Waals surface area contributed by atoms with E-state index in [0.29, 0.717) is 19.0 Å². The summed E-state index contributed by atoms with van der Waals surface area (Å²) < 4.78 is 24.6. The van der Waals surface area contributed by atoms with Gasteiger partial charge in [0.1, 0.15) is 0 Å². The fraction of sp³-hybridized carbons (Fsp3) is 0.682. The third kappa shape index (κ3) is 9.17. The lowest BCUT2D eigenvalue weighted by Gasteiger charge is -2.35. The number of nitrogens with one attached hydrogen (secondary N) is 2. The molecule has 1 aliphatic rings. The molecule has 164 valence electrons. The van der Waals surface area contributed by atoms with Gasteiger partial charge in [-0.3, -0.25) is 9.89 Å². The standard InChI is InChI=1S/C22H38N4O2S/c1-3-21-13-8-9-16-26(21)17-15-25-22(23-4-2)24-14-10-18-29(27,28)19-20-11-6-5-7-12-20/h5-7,11-12,21H,3-4,8-10,13-19H2,1-2H3,(H2,23,24,25). The summed E-state index contributed by atoms with van der Waals surface area (Å²) in [6.07, 6.45) is 5.70. The van der Waals surface area contributed by atoms with E-state index in [1.807, 2.05) is 37.3 Å². The average molecular weight is 423 g/mol. The molecule has 1 fully saturated rings. The van der Waals surface area contributed by atoms with Crippen LogP contribution in [-0.2, 0) is 15.6 Å². The molecule has 1 heterocycles. The van der Waals surface area contributed by atoms with Crippen LogP contribution in [0, 0.1) is 0 Å². The first-order chi connectivity index (χ1) is 14.0. The van der Waals surface area contributed by atoms with Crippen LogP contribution in [0.3, 0.4) is 0 Å². The van der Waals surface area contributed by atoms with E-state index in [-0.39, 0.29) is 11.5 Å². The van der Waals surface area contributed by atoms with Crippen molar-refractivity contribution in [2.45, 2.75) is 57.7 Å². The molecule has 6 nitrogen and oxygen atoms in total. The van der Waals surface area contributed by atoms with E-state index >= 15 is 0 Å². The fourth-order valence-electron chi connectivity index (χ4n) is 3.85. The molecule has 0 amide bonds. The van der Waals surface area contributed by atoms with Crippen LogP contribution in [0.2, 0.25) is 0 Å². The van der Waals surface area contributed by atoms with Crippen molar-refractivity contribution < 1.29 is 8.42 Å². The maximum atomic E-state index is 12.3. The van der Waals surface area contributed by atoms with Crippen LogP contribution < -0.4 is 10.6 Å². The van der Waals surface area contributed by atoms with Gasteiger partial charge in [0.2, 0.25) is 0 Å². The van der Waals surface area contributed by atoms with Crippen LogP contribution in [-0.4, -0.2) is 63.8 Å². The molecule has 0 spiro atoms. The molecule has 1 aromatic carbocycles. The second kappa shape index (κ2) is 12.9. The molecule has 2 N–H and O–H groups in total. The minimum atomic E-state index is -3.10. The summed E-state index contributed by atoms with van der Waals surface area (Å²) in [5.41, 5.74) is 0.842. The lowest BCUT2D eigenvalue weighted by molar-refractivity contribution is 0.147. The average Bonchev–Trinajstić information content (AvgIpc) is 2.72. The van der Waals surface area contributed by atoms with E-state index in [1.165, 1.54) is 32.2 Å². The number of likely N-dealkylation sites (tertiary alicyclic amines) is 1. The summed E-state index contributed by atoms with van der Waals surface area (Å²) in [7, 11) is -3.10. The molecule has 1 atom stereocenters. The quantitative estimate of drug-likeness (QED) is 0.326. The number of piperidine rings is 1. The molecule has 1 aromatic rings. The van der Waals surface area contributed by atoms with E-state index in [4.69, 9.17) is 0 Å². The minimum Gasteiger partial charge on any atom is -0.357 e. The molecule has 1 aliphatic heterocycles. The second-order valence-electron chi connectivity index (χ2n) is 7.71. The largest absolute Gasteiger partial charge is 0.357 e. The van der Waals surface area contributed by atoms with Gasteiger partial charge < -0.3 is 10.6 Å². The van der Waals surface area contributed by atoms with Crippen LogP contribution in [0.4, 0.5) is 0 Å². The number of nitrogens with zero attached hydrogens (tertiary/aromatic N) is 2. The Kier molecular flexibility index (Phi) is 10.5. The molecular weight excluding hydrogens is 384 g/mol. The maximum Gasteiger partial charge on any atom is 0.191 e. The Morgan fingerprint density at radius 3 is 2.69 bits per heavy atom. The SMILES string of the molecule is CCNC(=NCCCS(=O)(=O)Cc1ccccc1)NCCN1CCCCC1CC. The molecule has 1 saturated heterocycles. The van der Waals surface area contributed by atoms with E-state index in [0.717, 1.165) is 31.2 Å².